The molecule has 2 aromatic heterocycles. The van der Waals surface area contributed by atoms with Crippen LogP contribution in [0.25, 0.3) is 0 Å². The topological polar surface area (TPSA) is 115 Å². The number of amides is 1. The molecule has 0 radical (unpaired) electrons. The maximum absolute atomic E-state index is 12.3. The third kappa shape index (κ3) is 4.27. The van der Waals surface area contributed by atoms with Crippen LogP contribution in [0, 0.1) is 0 Å². The second kappa shape index (κ2) is 7.22. The highest BCUT2D eigenvalue weighted by molar-refractivity contribution is 7.90. The average Bonchev–Trinajstić information content (AvgIpc) is 3.11. The fourth-order valence-electron chi connectivity index (χ4n) is 2.05. The molecule has 9 heteroatoms. The van der Waals surface area contributed by atoms with E-state index in [0.717, 1.165) is 0 Å². The molecule has 1 aromatic carbocycles. The lowest BCUT2D eigenvalue weighted by Gasteiger charge is -2.01. The molecule has 0 atom stereocenters. The van der Waals surface area contributed by atoms with Crippen LogP contribution in [0.4, 0.5) is 0 Å². The summed E-state index contributed by atoms with van der Waals surface area (Å²) in [6.07, 6.45) is 2.97. The van der Waals surface area contributed by atoms with Crippen LogP contribution in [-0.4, -0.2) is 29.5 Å². The van der Waals surface area contributed by atoms with Crippen molar-refractivity contribution in [2.75, 3.05) is 0 Å². The molecular weight excluding hydrogens is 344 g/mol. The molecule has 25 heavy (non-hydrogen) atoms. The van der Waals surface area contributed by atoms with Gasteiger partial charge in [0.1, 0.15) is 0 Å². The molecule has 3 rings (SSSR count). The zero-order valence-electron chi connectivity index (χ0n) is 13.0. The number of carbonyl (C=O) groups excluding carboxylic acids is 1. The number of nitrogens with zero attached hydrogens (tertiary/aromatic N) is 3. The van der Waals surface area contributed by atoms with Gasteiger partial charge in [0.25, 0.3) is 5.91 Å². The van der Waals surface area contributed by atoms with Crippen molar-refractivity contribution in [3.8, 4) is 0 Å². The Morgan fingerprint density at radius 3 is 2.60 bits per heavy atom. The van der Waals surface area contributed by atoms with E-state index in [9.17, 15) is 13.2 Å². The number of carbonyl (C=O) groups is 1. The summed E-state index contributed by atoms with van der Waals surface area (Å²) in [6.45, 7) is -0.0818. The summed E-state index contributed by atoms with van der Waals surface area (Å²) >= 11 is 0. The molecular formula is C16H14N4O4S. The molecule has 0 saturated heterocycles. The second-order valence-corrected chi connectivity index (χ2v) is 7.00. The Labute approximate surface area is 143 Å². The van der Waals surface area contributed by atoms with Crippen LogP contribution in [0.3, 0.4) is 0 Å². The molecule has 0 fully saturated rings. The van der Waals surface area contributed by atoms with Crippen molar-refractivity contribution >= 4 is 15.7 Å². The van der Waals surface area contributed by atoms with Gasteiger partial charge in [-0.25, -0.2) is 8.42 Å². The van der Waals surface area contributed by atoms with E-state index in [1.54, 1.807) is 48.7 Å². The average molecular weight is 358 g/mol. The zero-order valence-corrected chi connectivity index (χ0v) is 13.8. The van der Waals surface area contributed by atoms with Crippen LogP contribution in [-0.2, 0) is 22.1 Å². The highest BCUT2D eigenvalue weighted by Crippen LogP contribution is 2.15. The van der Waals surface area contributed by atoms with Gasteiger partial charge in [-0.15, -0.1) is 5.10 Å². The molecule has 0 aliphatic carbocycles. The lowest BCUT2D eigenvalue weighted by Crippen LogP contribution is -2.23. The third-order valence-corrected chi connectivity index (χ3v) is 4.65. The number of sulfone groups is 1. The molecule has 8 nitrogen and oxygen atoms in total. The first kappa shape index (κ1) is 16.8. The molecule has 0 spiro atoms. The van der Waals surface area contributed by atoms with Gasteiger partial charge in [0.05, 0.1) is 17.9 Å². The van der Waals surface area contributed by atoms with Crippen molar-refractivity contribution in [3.05, 3.63) is 71.9 Å². The molecule has 0 aliphatic rings. The molecule has 0 unspecified atom stereocenters. The number of nitrogens with one attached hydrogen (secondary N) is 1. The highest BCUT2D eigenvalue weighted by atomic mass is 32.2. The minimum absolute atomic E-state index is 0.00359. The molecule has 3 aromatic rings. The summed E-state index contributed by atoms with van der Waals surface area (Å²) in [6, 6.07) is 11.9. The fourth-order valence-corrected chi connectivity index (χ4v) is 3.19. The maximum Gasteiger partial charge on any atom is 0.335 e. The molecule has 0 bridgehead atoms. The number of benzene rings is 1. The quantitative estimate of drug-likeness (QED) is 0.707. The van der Waals surface area contributed by atoms with E-state index in [2.05, 4.69) is 20.5 Å². The zero-order chi connectivity index (χ0) is 17.7. The number of rotatable bonds is 6. The Morgan fingerprint density at radius 1 is 1.08 bits per heavy atom. The highest BCUT2D eigenvalue weighted by Gasteiger charge is 2.23. The Hall–Kier alpha value is -3.07. The van der Waals surface area contributed by atoms with Crippen molar-refractivity contribution in [2.24, 2.45) is 0 Å². The third-order valence-electron chi connectivity index (χ3n) is 3.24. The van der Waals surface area contributed by atoms with E-state index in [4.69, 9.17) is 4.42 Å². The Balaban J connectivity index is 1.65. The minimum Gasteiger partial charge on any atom is -0.411 e. The van der Waals surface area contributed by atoms with Crippen LogP contribution in [0.1, 0.15) is 21.8 Å². The van der Waals surface area contributed by atoms with E-state index < -0.39 is 15.1 Å². The van der Waals surface area contributed by atoms with E-state index >= 15 is 0 Å². The van der Waals surface area contributed by atoms with Gasteiger partial charge in [0, 0.05) is 12.4 Å². The standard InChI is InChI=1S/C16H14N4O4S/c21-15(13-7-4-8-17-9-13)18-10-14-19-20-16(24-14)25(22,23)11-12-5-2-1-3-6-12/h1-9H,10-11H2,(H,18,21). The van der Waals surface area contributed by atoms with Gasteiger partial charge in [0.15, 0.2) is 0 Å². The summed E-state index contributed by atoms with van der Waals surface area (Å²) < 4.78 is 29.7. The van der Waals surface area contributed by atoms with Gasteiger partial charge in [-0.3, -0.25) is 9.78 Å². The summed E-state index contributed by atoms with van der Waals surface area (Å²) in [5.74, 6) is -0.610. The van der Waals surface area contributed by atoms with Gasteiger partial charge in [-0.2, -0.15) is 0 Å². The van der Waals surface area contributed by atoms with E-state index in [0.29, 0.717) is 11.1 Å². The smallest absolute Gasteiger partial charge is 0.335 e. The molecule has 2 heterocycles. The Bertz CT molecular complexity index is 956. The van der Waals surface area contributed by atoms with Crippen LogP contribution in [0.5, 0.6) is 0 Å². The molecule has 0 aliphatic heterocycles. The normalized spacial score (nSPS) is 11.2. The summed E-state index contributed by atoms with van der Waals surface area (Å²) in [5.41, 5.74) is 0.992. The number of pyridine rings is 1. The second-order valence-electron chi connectivity index (χ2n) is 5.13. The van der Waals surface area contributed by atoms with Crippen molar-refractivity contribution < 1.29 is 17.6 Å². The maximum atomic E-state index is 12.3. The van der Waals surface area contributed by atoms with Crippen LogP contribution in [0.2, 0.25) is 0 Å². The predicted molar refractivity (Wildman–Crippen MR) is 87.0 cm³/mol. The van der Waals surface area contributed by atoms with Crippen molar-refractivity contribution in [3.63, 3.8) is 0 Å². The van der Waals surface area contributed by atoms with Gasteiger partial charge >= 0.3 is 5.22 Å². The predicted octanol–water partition coefficient (Wildman–Crippen LogP) is 1.37. The van der Waals surface area contributed by atoms with Crippen molar-refractivity contribution in [1.82, 2.24) is 20.5 Å². The molecule has 1 amide bonds. The van der Waals surface area contributed by atoms with Crippen molar-refractivity contribution in [1.29, 1.82) is 0 Å². The molecule has 128 valence electrons. The van der Waals surface area contributed by atoms with Crippen LogP contribution in [0.15, 0.2) is 64.5 Å². The lowest BCUT2D eigenvalue weighted by molar-refractivity contribution is 0.0946. The summed E-state index contributed by atoms with van der Waals surface area (Å²) in [7, 11) is -3.75. The van der Waals surface area contributed by atoms with Crippen molar-refractivity contribution in [2.45, 2.75) is 17.5 Å². The van der Waals surface area contributed by atoms with Gasteiger partial charge in [-0.1, -0.05) is 35.4 Å². The molecule has 0 saturated carbocycles. The van der Waals surface area contributed by atoms with Gasteiger partial charge < -0.3 is 9.73 Å². The van der Waals surface area contributed by atoms with E-state index in [-0.39, 0.29) is 24.1 Å². The largest absolute Gasteiger partial charge is 0.411 e. The summed E-state index contributed by atoms with van der Waals surface area (Å²) in [4.78, 5) is 15.7. The van der Waals surface area contributed by atoms with Crippen LogP contribution < -0.4 is 5.32 Å². The summed E-state index contributed by atoms with van der Waals surface area (Å²) in [5, 5.41) is 9.32. The lowest BCUT2D eigenvalue weighted by atomic mass is 10.2. The number of aromatic nitrogens is 3. The number of hydrogen-bond acceptors (Lipinski definition) is 7. The first-order valence-corrected chi connectivity index (χ1v) is 8.97. The SMILES string of the molecule is O=C(NCc1nnc(S(=O)(=O)Cc2ccccc2)o1)c1cccnc1. The van der Waals surface area contributed by atoms with Gasteiger partial charge in [-0.05, 0) is 17.7 Å². The van der Waals surface area contributed by atoms with E-state index in [1.807, 2.05) is 0 Å². The molecule has 1 N–H and O–H groups in total. The van der Waals surface area contributed by atoms with E-state index in [1.165, 1.54) is 6.20 Å². The first-order valence-electron chi connectivity index (χ1n) is 7.32. The van der Waals surface area contributed by atoms with Crippen LogP contribution >= 0.6 is 0 Å². The number of hydrogen-bond donors (Lipinski definition) is 1. The minimum atomic E-state index is -3.75. The Kier molecular flexibility index (Phi) is 4.85. The Morgan fingerprint density at radius 2 is 1.88 bits per heavy atom. The monoisotopic (exact) mass is 358 g/mol. The van der Waals surface area contributed by atoms with Gasteiger partial charge in [0.2, 0.25) is 15.7 Å². The fraction of sp³-hybridized carbons (Fsp3) is 0.125. The first-order chi connectivity index (χ1) is 12.0.